The molecule has 0 aliphatic heterocycles. The Kier molecular flexibility index (Phi) is 9.97. The van der Waals surface area contributed by atoms with E-state index < -0.39 is 0 Å². The van der Waals surface area contributed by atoms with Crippen LogP contribution >= 0.6 is 22.6 Å². The number of nitrogens with one attached hydrogen (secondary N) is 2. The van der Waals surface area contributed by atoms with Gasteiger partial charge in [0.1, 0.15) is 0 Å². The number of halogens is 1. The lowest BCUT2D eigenvalue weighted by Crippen LogP contribution is -2.25. The number of amides is 2. The lowest BCUT2D eigenvalue weighted by Gasteiger charge is -2.03. The van der Waals surface area contributed by atoms with Crippen LogP contribution in [-0.2, 0) is 9.59 Å². The zero-order valence-electron chi connectivity index (χ0n) is 9.14. The predicted molar refractivity (Wildman–Crippen MR) is 69.0 cm³/mol. The Morgan fingerprint density at radius 1 is 1.00 bits per heavy atom. The summed E-state index contributed by atoms with van der Waals surface area (Å²) in [4.78, 5) is 21.4. The second-order valence-corrected chi connectivity index (χ2v) is 4.14. The van der Waals surface area contributed by atoms with Crippen LogP contribution in [-0.4, -0.2) is 29.3 Å². The minimum Gasteiger partial charge on any atom is -0.356 e. The molecule has 0 fully saturated rings. The summed E-state index contributed by atoms with van der Waals surface area (Å²) >= 11 is 2.05. The number of alkyl halides is 1. The van der Waals surface area contributed by atoms with Crippen molar-refractivity contribution < 1.29 is 9.59 Å². The van der Waals surface area contributed by atoms with E-state index in [1.54, 1.807) is 0 Å². The number of carbonyl (C=O) groups is 2. The SMILES string of the molecule is CC(=O)NCCCCCCNC(=O)CI. The highest BCUT2D eigenvalue weighted by Gasteiger charge is 1.96. The first kappa shape index (κ1) is 14.7. The van der Waals surface area contributed by atoms with E-state index >= 15 is 0 Å². The van der Waals surface area contributed by atoms with Gasteiger partial charge in [0.15, 0.2) is 0 Å². The van der Waals surface area contributed by atoms with Crippen molar-refractivity contribution in [3.8, 4) is 0 Å². The summed E-state index contributed by atoms with van der Waals surface area (Å²) in [5.74, 6) is 0.137. The molecule has 88 valence electrons. The van der Waals surface area contributed by atoms with Crippen LogP contribution in [0.15, 0.2) is 0 Å². The zero-order chi connectivity index (χ0) is 11.5. The molecule has 0 saturated heterocycles. The Balaban J connectivity index is 3.05. The van der Waals surface area contributed by atoms with Gasteiger partial charge < -0.3 is 10.6 Å². The third-order valence-electron chi connectivity index (χ3n) is 1.92. The first-order valence-electron chi connectivity index (χ1n) is 5.24. The minimum atomic E-state index is 0.0318. The fourth-order valence-corrected chi connectivity index (χ4v) is 1.41. The maximum atomic E-state index is 10.9. The Bertz CT molecular complexity index is 198. The van der Waals surface area contributed by atoms with Gasteiger partial charge in [0.25, 0.3) is 0 Å². The minimum absolute atomic E-state index is 0.0318. The number of carbonyl (C=O) groups excluding carboxylic acids is 2. The average Bonchev–Trinajstić information content (AvgIpc) is 2.21. The van der Waals surface area contributed by atoms with Gasteiger partial charge in [-0.1, -0.05) is 35.4 Å². The highest BCUT2D eigenvalue weighted by atomic mass is 127. The first-order chi connectivity index (χ1) is 7.16. The molecule has 0 atom stereocenters. The predicted octanol–water partition coefficient (Wildman–Crippen LogP) is 1.23. The Morgan fingerprint density at radius 2 is 1.53 bits per heavy atom. The van der Waals surface area contributed by atoms with Crippen LogP contribution in [0.4, 0.5) is 0 Å². The average molecular weight is 326 g/mol. The smallest absolute Gasteiger partial charge is 0.229 e. The van der Waals surface area contributed by atoms with Crippen LogP contribution < -0.4 is 10.6 Å². The van der Waals surface area contributed by atoms with Crippen molar-refractivity contribution in [1.29, 1.82) is 0 Å². The van der Waals surface area contributed by atoms with Crippen molar-refractivity contribution in [3.05, 3.63) is 0 Å². The molecule has 2 N–H and O–H groups in total. The number of hydrogen-bond acceptors (Lipinski definition) is 2. The van der Waals surface area contributed by atoms with E-state index in [0.717, 1.165) is 38.8 Å². The van der Waals surface area contributed by atoms with Crippen molar-refractivity contribution in [2.45, 2.75) is 32.6 Å². The molecule has 0 aromatic heterocycles. The van der Waals surface area contributed by atoms with Crippen molar-refractivity contribution in [2.75, 3.05) is 17.5 Å². The van der Waals surface area contributed by atoms with Gasteiger partial charge in [-0.15, -0.1) is 0 Å². The second-order valence-electron chi connectivity index (χ2n) is 3.38. The molecule has 0 unspecified atom stereocenters. The van der Waals surface area contributed by atoms with Crippen LogP contribution in [0.1, 0.15) is 32.6 Å². The summed E-state index contributed by atoms with van der Waals surface area (Å²) in [5.41, 5.74) is 0. The van der Waals surface area contributed by atoms with Crippen molar-refractivity contribution >= 4 is 34.4 Å². The standard InChI is InChI=1S/C10H19IN2O2/c1-9(14)12-6-4-2-3-5-7-13-10(15)8-11/h2-8H2,1H3,(H,12,14)(H,13,15). The van der Waals surface area contributed by atoms with E-state index in [0.29, 0.717) is 4.43 Å². The Morgan fingerprint density at radius 3 is 2.00 bits per heavy atom. The van der Waals surface area contributed by atoms with E-state index in [1.807, 2.05) is 22.6 Å². The van der Waals surface area contributed by atoms with Crippen molar-refractivity contribution in [3.63, 3.8) is 0 Å². The Labute approximate surface area is 105 Å². The van der Waals surface area contributed by atoms with Crippen molar-refractivity contribution in [2.24, 2.45) is 0 Å². The third kappa shape index (κ3) is 11.6. The maximum absolute atomic E-state index is 10.9. The number of unbranched alkanes of at least 4 members (excludes halogenated alkanes) is 3. The van der Waals surface area contributed by atoms with Gasteiger partial charge in [-0.25, -0.2) is 0 Å². The highest BCUT2D eigenvalue weighted by molar-refractivity contribution is 14.1. The molecule has 0 saturated carbocycles. The van der Waals surface area contributed by atoms with Crippen LogP contribution in [0.2, 0.25) is 0 Å². The second kappa shape index (κ2) is 10.2. The molecule has 0 spiro atoms. The third-order valence-corrected chi connectivity index (χ3v) is 2.61. The molecule has 2 amide bonds. The molecular weight excluding hydrogens is 307 g/mol. The molecule has 0 radical (unpaired) electrons. The molecule has 0 aliphatic rings. The van der Waals surface area contributed by atoms with Crippen LogP contribution in [0, 0.1) is 0 Å². The lowest BCUT2D eigenvalue weighted by atomic mass is 10.2. The van der Waals surface area contributed by atoms with Gasteiger partial charge in [0.2, 0.25) is 11.8 Å². The van der Waals surface area contributed by atoms with Crippen LogP contribution in [0.25, 0.3) is 0 Å². The van der Waals surface area contributed by atoms with Gasteiger partial charge >= 0.3 is 0 Å². The topological polar surface area (TPSA) is 58.2 Å². The molecule has 0 aliphatic carbocycles. The summed E-state index contributed by atoms with van der Waals surface area (Å²) in [5, 5.41) is 5.58. The summed E-state index contributed by atoms with van der Waals surface area (Å²) in [7, 11) is 0. The van der Waals surface area contributed by atoms with E-state index in [9.17, 15) is 9.59 Å². The van der Waals surface area contributed by atoms with Crippen molar-refractivity contribution in [1.82, 2.24) is 10.6 Å². The van der Waals surface area contributed by atoms with Crippen LogP contribution in [0.3, 0.4) is 0 Å². The fraction of sp³-hybridized carbons (Fsp3) is 0.800. The zero-order valence-corrected chi connectivity index (χ0v) is 11.3. The number of hydrogen-bond donors (Lipinski definition) is 2. The molecule has 0 aromatic carbocycles. The van der Waals surface area contributed by atoms with E-state index in [1.165, 1.54) is 6.92 Å². The molecular formula is C10H19IN2O2. The Hall–Kier alpha value is -0.330. The molecule has 4 nitrogen and oxygen atoms in total. The van der Waals surface area contributed by atoms with E-state index in [4.69, 9.17) is 0 Å². The molecule has 5 heteroatoms. The largest absolute Gasteiger partial charge is 0.356 e. The summed E-state index contributed by atoms with van der Waals surface area (Å²) in [6, 6.07) is 0. The van der Waals surface area contributed by atoms with Gasteiger partial charge in [-0.05, 0) is 12.8 Å². The fourth-order valence-electron chi connectivity index (χ4n) is 1.14. The van der Waals surface area contributed by atoms with E-state index in [-0.39, 0.29) is 11.8 Å². The summed E-state index contributed by atoms with van der Waals surface area (Å²) < 4.78 is 0.528. The first-order valence-corrected chi connectivity index (χ1v) is 6.76. The molecule has 0 bridgehead atoms. The normalized spacial score (nSPS) is 9.73. The van der Waals surface area contributed by atoms with Crippen LogP contribution in [0.5, 0.6) is 0 Å². The highest BCUT2D eigenvalue weighted by Crippen LogP contribution is 1.97. The van der Waals surface area contributed by atoms with Gasteiger partial charge in [-0.3, -0.25) is 9.59 Å². The summed E-state index contributed by atoms with van der Waals surface area (Å²) in [6.45, 7) is 3.05. The quantitative estimate of drug-likeness (QED) is 0.400. The van der Waals surface area contributed by atoms with Gasteiger partial charge in [0.05, 0.1) is 4.43 Å². The molecule has 0 rings (SSSR count). The number of rotatable bonds is 8. The maximum Gasteiger partial charge on any atom is 0.229 e. The molecule has 15 heavy (non-hydrogen) atoms. The summed E-state index contributed by atoms with van der Waals surface area (Å²) in [6.07, 6.45) is 4.23. The van der Waals surface area contributed by atoms with E-state index in [2.05, 4.69) is 10.6 Å². The van der Waals surface area contributed by atoms with Gasteiger partial charge in [0, 0.05) is 20.0 Å². The monoisotopic (exact) mass is 326 g/mol. The molecule has 0 heterocycles. The van der Waals surface area contributed by atoms with Gasteiger partial charge in [-0.2, -0.15) is 0 Å². The lowest BCUT2D eigenvalue weighted by molar-refractivity contribution is -0.119. The molecule has 0 aromatic rings.